The van der Waals surface area contributed by atoms with Crippen molar-refractivity contribution >= 4 is 29.1 Å². The number of ether oxygens (including phenoxy) is 1. The van der Waals surface area contributed by atoms with Gasteiger partial charge in [0.2, 0.25) is 0 Å². The van der Waals surface area contributed by atoms with Crippen LogP contribution in [0.4, 0.5) is 18.9 Å². The van der Waals surface area contributed by atoms with Crippen LogP contribution in [0.3, 0.4) is 0 Å². The Morgan fingerprint density at radius 2 is 2.15 bits per heavy atom. The second-order valence-corrected chi connectivity index (χ2v) is 5.33. The maximum absolute atomic E-state index is 12.6. The number of benzene rings is 1. The maximum Gasteiger partial charge on any atom is 0.416 e. The molecule has 1 unspecified atom stereocenters. The minimum absolute atomic E-state index is 0.239. The van der Waals surface area contributed by atoms with E-state index in [0.29, 0.717) is 10.6 Å². The molecule has 0 amide bonds. The third-order valence-corrected chi connectivity index (χ3v) is 4.08. The summed E-state index contributed by atoms with van der Waals surface area (Å²) in [6, 6.07) is 3.32. The molecule has 7 heteroatoms. The summed E-state index contributed by atoms with van der Waals surface area (Å²) >= 11 is 1.16. The van der Waals surface area contributed by atoms with Crippen LogP contribution in [0.2, 0.25) is 0 Å². The van der Waals surface area contributed by atoms with E-state index in [0.717, 1.165) is 23.9 Å². The number of nitrogens with zero attached hydrogens (tertiary/aromatic N) is 1. The molecular weight excluding hydrogens is 291 g/mol. The first-order valence-corrected chi connectivity index (χ1v) is 6.80. The van der Waals surface area contributed by atoms with Gasteiger partial charge in [-0.05, 0) is 32.0 Å². The Labute approximate surface area is 118 Å². The van der Waals surface area contributed by atoms with Crippen LogP contribution in [-0.2, 0) is 15.7 Å². The number of fused-ring (bicyclic) bond motifs is 1. The fraction of sp³-hybridized carbons (Fsp3) is 0.385. The third-order valence-electron chi connectivity index (χ3n) is 2.71. The Balaban J connectivity index is 2.33. The summed E-state index contributed by atoms with van der Waals surface area (Å²) in [5.41, 5.74) is -0.0638. The first-order chi connectivity index (χ1) is 9.32. The molecule has 0 saturated carbocycles. The van der Waals surface area contributed by atoms with Crippen molar-refractivity contribution in [1.29, 1.82) is 0 Å². The van der Waals surface area contributed by atoms with Crippen LogP contribution in [0.25, 0.3) is 0 Å². The summed E-state index contributed by atoms with van der Waals surface area (Å²) in [4.78, 5) is 16.4. The first-order valence-electron chi connectivity index (χ1n) is 5.92. The van der Waals surface area contributed by atoms with Gasteiger partial charge in [-0.2, -0.15) is 13.2 Å². The lowest BCUT2D eigenvalue weighted by atomic mass is 10.2. The Hall–Kier alpha value is -1.50. The van der Waals surface area contributed by atoms with Crippen LogP contribution in [-0.4, -0.2) is 23.5 Å². The van der Waals surface area contributed by atoms with Crippen molar-refractivity contribution in [3.8, 4) is 0 Å². The van der Waals surface area contributed by atoms with Gasteiger partial charge in [0.25, 0.3) is 0 Å². The van der Waals surface area contributed by atoms with E-state index in [1.165, 1.54) is 6.07 Å². The fourth-order valence-corrected chi connectivity index (χ4v) is 2.79. The quantitative estimate of drug-likeness (QED) is 0.779. The van der Waals surface area contributed by atoms with E-state index in [9.17, 15) is 18.0 Å². The van der Waals surface area contributed by atoms with E-state index >= 15 is 0 Å². The zero-order chi connectivity index (χ0) is 14.9. The van der Waals surface area contributed by atoms with Gasteiger partial charge in [0.05, 0.1) is 17.9 Å². The van der Waals surface area contributed by atoms with Gasteiger partial charge in [0.1, 0.15) is 5.25 Å². The second kappa shape index (κ2) is 5.47. The zero-order valence-corrected chi connectivity index (χ0v) is 11.6. The molecule has 0 N–H and O–H groups in total. The first kappa shape index (κ1) is 14.9. The van der Waals surface area contributed by atoms with Crippen molar-refractivity contribution in [2.24, 2.45) is 4.99 Å². The summed E-state index contributed by atoms with van der Waals surface area (Å²) in [6.07, 6.45) is -4.40. The molecule has 3 nitrogen and oxygen atoms in total. The highest BCUT2D eigenvalue weighted by Gasteiger charge is 2.33. The topological polar surface area (TPSA) is 38.7 Å². The lowest BCUT2D eigenvalue weighted by Crippen LogP contribution is -2.28. The SMILES string of the molecule is CCOC(=O)C1Sc2ccc(C(F)(F)F)cc2N=C1C. The smallest absolute Gasteiger partial charge is 0.416 e. The van der Waals surface area contributed by atoms with E-state index in [1.54, 1.807) is 13.8 Å². The van der Waals surface area contributed by atoms with Crippen molar-refractivity contribution in [1.82, 2.24) is 0 Å². The Morgan fingerprint density at radius 1 is 1.45 bits per heavy atom. The molecule has 1 aliphatic heterocycles. The van der Waals surface area contributed by atoms with Gasteiger partial charge < -0.3 is 4.74 Å². The van der Waals surface area contributed by atoms with E-state index in [4.69, 9.17) is 4.74 Å². The van der Waals surface area contributed by atoms with Gasteiger partial charge in [-0.25, -0.2) is 0 Å². The largest absolute Gasteiger partial charge is 0.465 e. The fourth-order valence-electron chi connectivity index (χ4n) is 1.78. The van der Waals surface area contributed by atoms with Crippen LogP contribution in [0.5, 0.6) is 0 Å². The molecule has 2 rings (SSSR count). The minimum atomic E-state index is -4.40. The molecule has 0 spiro atoms. The van der Waals surface area contributed by atoms with Crippen LogP contribution >= 0.6 is 11.8 Å². The molecule has 0 aliphatic carbocycles. The number of carbonyl (C=O) groups is 1. The van der Waals surface area contributed by atoms with Crippen molar-refractivity contribution in [2.75, 3.05) is 6.61 Å². The van der Waals surface area contributed by atoms with Crippen molar-refractivity contribution in [2.45, 2.75) is 30.2 Å². The number of carbonyl (C=O) groups excluding carboxylic acids is 1. The average molecular weight is 303 g/mol. The third kappa shape index (κ3) is 2.98. The number of aliphatic imine (C=N–C) groups is 1. The highest BCUT2D eigenvalue weighted by Crippen LogP contribution is 2.41. The van der Waals surface area contributed by atoms with Gasteiger partial charge in [0, 0.05) is 10.6 Å². The summed E-state index contributed by atoms with van der Waals surface area (Å²) < 4.78 is 42.8. The zero-order valence-electron chi connectivity index (χ0n) is 10.8. The predicted octanol–water partition coefficient (Wildman–Crippen LogP) is 3.84. The lowest BCUT2D eigenvalue weighted by molar-refractivity contribution is -0.141. The Bertz CT molecular complexity index is 569. The van der Waals surface area contributed by atoms with Crippen molar-refractivity contribution in [3.05, 3.63) is 23.8 Å². The summed E-state index contributed by atoms with van der Waals surface area (Å²) in [7, 11) is 0. The lowest BCUT2D eigenvalue weighted by Gasteiger charge is -2.21. The van der Waals surface area contributed by atoms with Crippen molar-refractivity contribution < 1.29 is 22.7 Å². The molecule has 1 aliphatic rings. The number of esters is 1. The molecule has 1 atom stereocenters. The summed E-state index contributed by atoms with van der Waals surface area (Å²) in [5.74, 6) is -0.427. The summed E-state index contributed by atoms with van der Waals surface area (Å²) in [5, 5.41) is -0.598. The normalized spacial score (nSPS) is 18.2. The molecule has 108 valence electrons. The highest BCUT2D eigenvalue weighted by molar-refractivity contribution is 8.01. The monoisotopic (exact) mass is 303 g/mol. The maximum atomic E-state index is 12.6. The van der Waals surface area contributed by atoms with Gasteiger partial charge >= 0.3 is 12.1 Å². The number of alkyl halides is 3. The van der Waals surface area contributed by atoms with Gasteiger partial charge in [-0.15, -0.1) is 11.8 Å². The predicted molar refractivity (Wildman–Crippen MR) is 70.5 cm³/mol. The minimum Gasteiger partial charge on any atom is -0.465 e. The number of hydrogen-bond acceptors (Lipinski definition) is 4. The molecule has 1 heterocycles. The molecule has 0 bridgehead atoms. The molecule has 0 saturated heterocycles. The number of hydrogen-bond donors (Lipinski definition) is 0. The van der Waals surface area contributed by atoms with E-state index in [-0.39, 0.29) is 12.3 Å². The number of thioether (sulfide) groups is 1. The molecule has 0 radical (unpaired) electrons. The summed E-state index contributed by atoms with van der Waals surface area (Å²) in [6.45, 7) is 3.56. The van der Waals surface area contributed by atoms with Crippen LogP contribution in [0.15, 0.2) is 28.1 Å². The van der Waals surface area contributed by atoms with E-state index < -0.39 is 23.0 Å². The van der Waals surface area contributed by atoms with E-state index in [1.807, 2.05) is 0 Å². The molecule has 20 heavy (non-hydrogen) atoms. The standard InChI is InChI=1S/C13H12F3NO2S/c1-3-19-12(18)11-7(2)17-9-6-8(13(14,15)16)4-5-10(9)20-11/h4-6,11H,3H2,1-2H3. The number of halogens is 3. The van der Waals surface area contributed by atoms with Gasteiger partial charge in [0.15, 0.2) is 0 Å². The van der Waals surface area contributed by atoms with Gasteiger partial charge in [-0.1, -0.05) is 0 Å². The van der Waals surface area contributed by atoms with Crippen LogP contribution in [0, 0.1) is 0 Å². The molecule has 0 fully saturated rings. The van der Waals surface area contributed by atoms with Crippen molar-refractivity contribution in [3.63, 3.8) is 0 Å². The second-order valence-electron chi connectivity index (χ2n) is 4.18. The molecular formula is C13H12F3NO2S. The van der Waals surface area contributed by atoms with Gasteiger partial charge in [-0.3, -0.25) is 9.79 Å². The highest BCUT2D eigenvalue weighted by atomic mass is 32.2. The Kier molecular flexibility index (Phi) is 4.08. The Morgan fingerprint density at radius 3 is 2.75 bits per heavy atom. The molecule has 0 aromatic heterocycles. The molecule has 1 aromatic rings. The number of rotatable bonds is 2. The van der Waals surface area contributed by atoms with Crippen LogP contribution < -0.4 is 0 Å². The van der Waals surface area contributed by atoms with E-state index in [2.05, 4.69) is 4.99 Å². The molecule has 1 aromatic carbocycles. The van der Waals surface area contributed by atoms with Crippen LogP contribution in [0.1, 0.15) is 19.4 Å². The average Bonchev–Trinajstić information content (AvgIpc) is 2.36.